The zero-order chi connectivity index (χ0) is 18.5. The van der Waals surface area contributed by atoms with Crippen molar-refractivity contribution in [2.45, 2.75) is 19.8 Å². The number of amides is 2. The molecule has 6 nitrogen and oxygen atoms in total. The molecule has 1 aromatic carbocycles. The van der Waals surface area contributed by atoms with Crippen LogP contribution in [0.4, 0.5) is 5.69 Å². The average molecular weight is 392 g/mol. The Hall–Kier alpha value is -2.31. The van der Waals surface area contributed by atoms with E-state index in [0.29, 0.717) is 17.2 Å². The highest BCUT2D eigenvalue weighted by Crippen LogP contribution is 2.22. The molecule has 3 rings (SSSR count). The Bertz CT molecular complexity index is 775. The van der Waals surface area contributed by atoms with Crippen molar-refractivity contribution in [2.75, 3.05) is 32.0 Å². The van der Waals surface area contributed by atoms with Gasteiger partial charge in [-0.15, -0.1) is 12.4 Å². The number of nitrogens with one attached hydrogen (secondary N) is 2. The number of hydrogen-bond donors (Lipinski definition) is 2. The molecular weight excluding hydrogens is 366 g/mol. The Balaban J connectivity index is 0.00000261. The molecule has 1 aliphatic heterocycles. The summed E-state index contributed by atoms with van der Waals surface area (Å²) in [6.07, 6.45) is 3.62. The van der Waals surface area contributed by atoms with Crippen LogP contribution in [0.15, 0.2) is 41.0 Å². The molecule has 0 radical (unpaired) electrons. The van der Waals surface area contributed by atoms with Crippen LogP contribution in [0.1, 0.15) is 39.3 Å². The maximum atomic E-state index is 12.9. The second-order valence-electron chi connectivity index (χ2n) is 6.78. The van der Waals surface area contributed by atoms with E-state index in [4.69, 9.17) is 4.42 Å². The standard InChI is InChI=1S/C20H25N3O3.ClH/c1-14-7-8-16(11-17(14)22-19(24)18-6-4-10-26-18)20(25)23-9-3-5-15(13-23)12-21-2;/h4,6-8,10-11,15,21H,3,5,9,12-13H2,1-2H3,(H,22,24);1H. The molecule has 2 heterocycles. The predicted octanol–water partition coefficient (Wildman–Crippen LogP) is 3.33. The summed E-state index contributed by atoms with van der Waals surface area (Å²) in [5.41, 5.74) is 2.12. The van der Waals surface area contributed by atoms with Crippen molar-refractivity contribution in [1.29, 1.82) is 0 Å². The van der Waals surface area contributed by atoms with Crippen LogP contribution in [0.2, 0.25) is 0 Å². The normalized spacial score (nSPS) is 16.5. The fourth-order valence-electron chi connectivity index (χ4n) is 3.37. The van der Waals surface area contributed by atoms with E-state index in [1.807, 2.05) is 31.0 Å². The summed E-state index contributed by atoms with van der Waals surface area (Å²) >= 11 is 0. The van der Waals surface area contributed by atoms with E-state index in [0.717, 1.165) is 38.0 Å². The van der Waals surface area contributed by atoms with Gasteiger partial charge in [-0.2, -0.15) is 0 Å². The van der Waals surface area contributed by atoms with Gasteiger partial charge in [0.1, 0.15) is 0 Å². The molecule has 1 saturated heterocycles. The molecule has 146 valence electrons. The zero-order valence-electron chi connectivity index (χ0n) is 15.7. The molecule has 2 aromatic rings. The van der Waals surface area contributed by atoms with Gasteiger partial charge in [0, 0.05) is 24.3 Å². The van der Waals surface area contributed by atoms with E-state index >= 15 is 0 Å². The SMILES string of the molecule is CNCC1CCCN(C(=O)c2ccc(C)c(NC(=O)c3ccco3)c2)C1.Cl. The van der Waals surface area contributed by atoms with E-state index in [-0.39, 0.29) is 30.0 Å². The van der Waals surface area contributed by atoms with Crippen LogP contribution in [-0.2, 0) is 0 Å². The number of hydrogen-bond acceptors (Lipinski definition) is 4. The summed E-state index contributed by atoms with van der Waals surface area (Å²) in [5.74, 6) is 0.419. The van der Waals surface area contributed by atoms with Crippen LogP contribution in [0.3, 0.4) is 0 Å². The number of carbonyl (C=O) groups excluding carboxylic acids is 2. The van der Waals surface area contributed by atoms with Gasteiger partial charge in [-0.25, -0.2) is 0 Å². The van der Waals surface area contributed by atoms with Gasteiger partial charge in [0.05, 0.1) is 6.26 Å². The first kappa shape index (κ1) is 21.0. The highest BCUT2D eigenvalue weighted by Gasteiger charge is 2.24. The molecule has 27 heavy (non-hydrogen) atoms. The first-order chi connectivity index (χ1) is 12.6. The number of piperidine rings is 1. The second-order valence-corrected chi connectivity index (χ2v) is 6.78. The molecule has 1 atom stereocenters. The topological polar surface area (TPSA) is 74.6 Å². The van der Waals surface area contributed by atoms with E-state index in [1.54, 1.807) is 18.2 Å². The number of nitrogens with zero attached hydrogens (tertiary/aromatic N) is 1. The maximum Gasteiger partial charge on any atom is 0.291 e. The first-order valence-corrected chi connectivity index (χ1v) is 8.98. The molecule has 0 bridgehead atoms. The molecule has 7 heteroatoms. The van der Waals surface area contributed by atoms with E-state index in [9.17, 15) is 9.59 Å². The lowest BCUT2D eigenvalue weighted by Crippen LogP contribution is -2.42. The van der Waals surface area contributed by atoms with Crippen LogP contribution >= 0.6 is 12.4 Å². The molecule has 2 amide bonds. The van der Waals surface area contributed by atoms with E-state index < -0.39 is 0 Å². The lowest BCUT2D eigenvalue weighted by molar-refractivity contribution is 0.0674. The Morgan fingerprint density at radius 2 is 2.11 bits per heavy atom. The molecule has 0 aliphatic carbocycles. The third-order valence-electron chi connectivity index (χ3n) is 4.78. The molecular formula is C20H26ClN3O3. The Kier molecular flexibility index (Phi) is 7.45. The van der Waals surface area contributed by atoms with Crippen LogP contribution < -0.4 is 10.6 Å². The zero-order valence-corrected chi connectivity index (χ0v) is 16.5. The van der Waals surface area contributed by atoms with Crippen molar-refractivity contribution in [3.63, 3.8) is 0 Å². The summed E-state index contributed by atoms with van der Waals surface area (Å²) in [6.45, 7) is 4.36. The molecule has 1 fully saturated rings. The highest BCUT2D eigenvalue weighted by molar-refractivity contribution is 6.03. The maximum absolute atomic E-state index is 12.9. The lowest BCUT2D eigenvalue weighted by atomic mass is 9.97. The van der Waals surface area contributed by atoms with Gasteiger partial charge >= 0.3 is 0 Å². The van der Waals surface area contributed by atoms with Crippen LogP contribution in [-0.4, -0.2) is 43.4 Å². The Morgan fingerprint density at radius 3 is 2.81 bits per heavy atom. The number of furan rings is 1. The van der Waals surface area contributed by atoms with Gasteiger partial charge in [-0.3, -0.25) is 9.59 Å². The number of benzene rings is 1. The van der Waals surface area contributed by atoms with Crippen molar-refractivity contribution in [2.24, 2.45) is 5.92 Å². The average Bonchev–Trinajstić information content (AvgIpc) is 3.18. The molecule has 0 saturated carbocycles. The Morgan fingerprint density at radius 1 is 1.30 bits per heavy atom. The van der Waals surface area contributed by atoms with Gasteiger partial charge in [-0.1, -0.05) is 6.07 Å². The third-order valence-corrected chi connectivity index (χ3v) is 4.78. The van der Waals surface area contributed by atoms with Gasteiger partial charge in [-0.05, 0) is 69.1 Å². The third kappa shape index (κ3) is 5.11. The van der Waals surface area contributed by atoms with Crippen molar-refractivity contribution >= 4 is 29.9 Å². The van der Waals surface area contributed by atoms with E-state index in [2.05, 4.69) is 10.6 Å². The number of carbonyl (C=O) groups is 2. The minimum atomic E-state index is -0.324. The second kappa shape index (κ2) is 9.58. The molecule has 2 N–H and O–H groups in total. The summed E-state index contributed by atoms with van der Waals surface area (Å²) in [6, 6.07) is 8.71. The molecule has 1 aromatic heterocycles. The summed E-state index contributed by atoms with van der Waals surface area (Å²) < 4.78 is 5.12. The number of aryl methyl sites for hydroxylation is 1. The van der Waals surface area contributed by atoms with Crippen LogP contribution in [0.5, 0.6) is 0 Å². The van der Waals surface area contributed by atoms with Crippen molar-refractivity contribution < 1.29 is 14.0 Å². The van der Waals surface area contributed by atoms with Crippen molar-refractivity contribution in [3.8, 4) is 0 Å². The van der Waals surface area contributed by atoms with Gasteiger partial charge in [0.2, 0.25) is 0 Å². The van der Waals surface area contributed by atoms with E-state index in [1.165, 1.54) is 6.26 Å². The highest BCUT2D eigenvalue weighted by atomic mass is 35.5. The molecule has 0 spiro atoms. The predicted molar refractivity (Wildman–Crippen MR) is 108 cm³/mol. The fourth-order valence-corrected chi connectivity index (χ4v) is 3.37. The quantitative estimate of drug-likeness (QED) is 0.819. The first-order valence-electron chi connectivity index (χ1n) is 8.98. The number of likely N-dealkylation sites (tertiary alicyclic amines) is 1. The molecule has 1 unspecified atom stereocenters. The van der Waals surface area contributed by atoms with Gasteiger partial charge < -0.3 is 20.0 Å². The smallest absolute Gasteiger partial charge is 0.291 e. The van der Waals surface area contributed by atoms with Gasteiger partial charge in [0.25, 0.3) is 11.8 Å². The minimum Gasteiger partial charge on any atom is -0.459 e. The van der Waals surface area contributed by atoms with Crippen LogP contribution in [0.25, 0.3) is 0 Å². The largest absolute Gasteiger partial charge is 0.459 e. The Labute approximate surface area is 165 Å². The van der Waals surface area contributed by atoms with Crippen LogP contribution in [0, 0.1) is 12.8 Å². The number of halogens is 1. The van der Waals surface area contributed by atoms with Crippen molar-refractivity contribution in [1.82, 2.24) is 10.2 Å². The minimum absolute atomic E-state index is 0. The number of anilines is 1. The summed E-state index contributed by atoms with van der Waals surface area (Å²) in [4.78, 5) is 27.0. The molecule has 1 aliphatic rings. The summed E-state index contributed by atoms with van der Waals surface area (Å²) in [5, 5.41) is 6.02. The van der Waals surface area contributed by atoms with Crippen molar-refractivity contribution in [3.05, 3.63) is 53.5 Å². The monoisotopic (exact) mass is 391 g/mol. The fraction of sp³-hybridized carbons (Fsp3) is 0.400. The van der Waals surface area contributed by atoms with Gasteiger partial charge in [0.15, 0.2) is 5.76 Å². The lowest BCUT2D eigenvalue weighted by Gasteiger charge is -2.33. The summed E-state index contributed by atoms with van der Waals surface area (Å²) in [7, 11) is 1.94. The number of rotatable bonds is 5.